The average molecular weight is 248 g/mol. The van der Waals surface area contributed by atoms with E-state index in [-0.39, 0.29) is 0 Å². The first-order valence-corrected chi connectivity index (χ1v) is 5.15. The Balaban J connectivity index is 2.88. The van der Waals surface area contributed by atoms with Crippen molar-refractivity contribution in [3.05, 3.63) is 23.8 Å². The van der Waals surface area contributed by atoms with Gasteiger partial charge in [-0.15, -0.1) is 0 Å². The fourth-order valence-corrected chi connectivity index (χ4v) is 1.16. The number of hydrogen-bond donors (Lipinski definition) is 1. The summed E-state index contributed by atoms with van der Waals surface area (Å²) >= 11 is 10.9. The van der Waals surface area contributed by atoms with Gasteiger partial charge in [-0.2, -0.15) is 0 Å². The van der Waals surface area contributed by atoms with E-state index in [4.69, 9.17) is 27.9 Å². The van der Waals surface area contributed by atoms with Gasteiger partial charge in [-0.25, -0.2) is 0 Å². The number of aryl methyl sites for hydroxylation is 1. The van der Waals surface area contributed by atoms with Gasteiger partial charge in [-0.3, -0.25) is 4.79 Å². The van der Waals surface area contributed by atoms with Gasteiger partial charge in [-0.05, 0) is 18.6 Å². The number of alkyl halides is 2. The molecule has 1 aromatic carbocycles. The minimum absolute atomic E-state index is 0.449. The van der Waals surface area contributed by atoms with Crippen molar-refractivity contribution in [1.29, 1.82) is 0 Å². The van der Waals surface area contributed by atoms with Crippen LogP contribution in [0.3, 0.4) is 0 Å². The van der Waals surface area contributed by atoms with E-state index >= 15 is 0 Å². The summed E-state index contributed by atoms with van der Waals surface area (Å²) < 4.78 is 5.03. The summed E-state index contributed by atoms with van der Waals surface area (Å²) in [4.78, 5) is 10.2. The second kappa shape index (κ2) is 5.24. The van der Waals surface area contributed by atoms with Crippen molar-refractivity contribution in [1.82, 2.24) is 0 Å². The molecule has 0 saturated carbocycles. The van der Waals surface area contributed by atoms with Crippen LogP contribution in [-0.4, -0.2) is 17.9 Å². The van der Waals surface area contributed by atoms with Gasteiger partial charge < -0.3 is 10.1 Å². The molecule has 0 radical (unpaired) electrons. The molecule has 0 saturated heterocycles. The van der Waals surface area contributed by atoms with Crippen LogP contribution in [0.1, 0.15) is 5.56 Å². The number of carbonyl (C=O) groups excluding carboxylic acids is 1. The van der Waals surface area contributed by atoms with Crippen LogP contribution in [0.5, 0.6) is 5.75 Å². The van der Waals surface area contributed by atoms with Gasteiger partial charge in [0.15, 0.2) is 4.84 Å². The lowest BCUT2D eigenvalue weighted by molar-refractivity contribution is -0.114. The topological polar surface area (TPSA) is 38.3 Å². The SMILES string of the molecule is COc1ccc(C)c(NC(=O)C(Cl)Cl)c1. The standard InChI is InChI=1S/C10H11Cl2NO2/c1-6-3-4-7(15-2)5-8(6)13-10(14)9(11)12/h3-5,9H,1-2H3,(H,13,14). The molecule has 0 atom stereocenters. The lowest BCUT2D eigenvalue weighted by Gasteiger charge is -2.10. The first kappa shape index (κ1) is 12.1. The van der Waals surface area contributed by atoms with Crippen LogP contribution in [0.25, 0.3) is 0 Å². The maximum atomic E-state index is 11.2. The number of hydrogen-bond acceptors (Lipinski definition) is 2. The Morgan fingerprint density at radius 2 is 2.13 bits per heavy atom. The van der Waals surface area contributed by atoms with E-state index < -0.39 is 10.7 Å². The minimum Gasteiger partial charge on any atom is -0.497 e. The van der Waals surface area contributed by atoms with E-state index in [1.54, 1.807) is 13.2 Å². The maximum absolute atomic E-state index is 11.2. The number of ether oxygens (including phenoxy) is 1. The molecule has 0 fully saturated rings. The van der Waals surface area contributed by atoms with E-state index in [0.29, 0.717) is 11.4 Å². The summed E-state index contributed by atoms with van der Waals surface area (Å²) in [6.45, 7) is 1.87. The molecule has 5 heteroatoms. The molecule has 1 N–H and O–H groups in total. The molecule has 0 aromatic heterocycles. The van der Waals surface area contributed by atoms with Gasteiger partial charge in [0, 0.05) is 11.8 Å². The third-order valence-electron chi connectivity index (χ3n) is 1.90. The highest BCUT2D eigenvalue weighted by Crippen LogP contribution is 2.22. The van der Waals surface area contributed by atoms with Crippen molar-refractivity contribution in [2.24, 2.45) is 0 Å². The van der Waals surface area contributed by atoms with Crippen molar-refractivity contribution >= 4 is 34.8 Å². The van der Waals surface area contributed by atoms with Crippen molar-refractivity contribution < 1.29 is 9.53 Å². The summed E-state index contributed by atoms with van der Waals surface area (Å²) in [6.07, 6.45) is 0. The second-order valence-corrected chi connectivity index (χ2v) is 4.07. The Labute approximate surface area is 98.3 Å². The van der Waals surface area contributed by atoms with Crippen LogP contribution in [0.2, 0.25) is 0 Å². The smallest absolute Gasteiger partial charge is 0.257 e. The molecule has 0 bridgehead atoms. The van der Waals surface area contributed by atoms with Crippen molar-refractivity contribution in [2.75, 3.05) is 12.4 Å². The lowest BCUT2D eigenvalue weighted by atomic mass is 10.2. The molecule has 0 aliphatic carbocycles. The molecular formula is C10H11Cl2NO2. The molecule has 1 aromatic rings. The van der Waals surface area contributed by atoms with Gasteiger partial charge >= 0.3 is 0 Å². The summed E-state index contributed by atoms with van der Waals surface area (Å²) in [5, 5.41) is 2.60. The predicted octanol–water partition coefficient (Wildman–Crippen LogP) is 2.75. The molecule has 1 amide bonds. The van der Waals surface area contributed by atoms with Gasteiger partial charge in [0.1, 0.15) is 5.75 Å². The molecule has 82 valence electrons. The second-order valence-electron chi connectivity index (χ2n) is 2.97. The first-order valence-electron chi connectivity index (χ1n) is 4.28. The Kier molecular flexibility index (Phi) is 4.24. The Bertz CT molecular complexity index is 366. The lowest BCUT2D eigenvalue weighted by Crippen LogP contribution is -2.19. The van der Waals surface area contributed by atoms with E-state index in [0.717, 1.165) is 5.56 Å². The van der Waals surface area contributed by atoms with Crippen LogP contribution in [-0.2, 0) is 4.79 Å². The number of amides is 1. The van der Waals surface area contributed by atoms with Crippen LogP contribution < -0.4 is 10.1 Å². The summed E-state index contributed by atoms with van der Waals surface area (Å²) in [6, 6.07) is 5.36. The largest absolute Gasteiger partial charge is 0.497 e. The quantitative estimate of drug-likeness (QED) is 0.835. The summed E-state index contributed by atoms with van der Waals surface area (Å²) in [5.41, 5.74) is 1.56. The molecular weight excluding hydrogens is 237 g/mol. The van der Waals surface area contributed by atoms with Gasteiger partial charge in [0.05, 0.1) is 7.11 Å². The Morgan fingerprint density at radius 3 is 2.67 bits per heavy atom. The highest BCUT2D eigenvalue weighted by molar-refractivity contribution is 6.54. The van der Waals surface area contributed by atoms with Crippen LogP contribution in [0, 0.1) is 6.92 Å². The molecule has 15 heavy (non-hydrogen) atoms. The van der Waals surface area contributed by atoms with Crippen LogP contribution in [0.15, 0.2) is 18.2 Å². The third-order valence-corrected chi connectivity index (χ3v) is 2.30. The number of anilines is 1. The highest BCUT2D eigenvalue weighted by atomic mass is 35.5. The van der Waals surface area contributed by atoms with Crippen LogP contribution >= 0.6 is 23.2 Å². The van der Waals surface area contributed by atoms with Crippen molar-refractivity contribution in [3.63, 3.8) is 0 Å². The predicted molar refractivity (Wildman–Crippen MR) is 61.9 cm³/mol. The Morgan fingerprint density at radius 1 is 1.47 bits per heavy atom. The number of rotatable bonds is 3. The minimum atomic E-state index is -1.07. The van der Waals surface area contributed by atoms with Gasteiger partial charge in [0.25, 0.3) is 5.91 Å². The molecule has 0 aliphatic heterocycles. The fraction of sp³-hybridized carbons (Fsp3) is 0.300. The van der Waals surface area contributed by atoms with E-state index in [2.05, 4.69) is 5.32 Å². The Hall–Kier alpha value is -0.930. The molecule has 0 unspecified atom stereocenters. The number of methoxy groups -OCH3 is 1. The zero-order valence-corrected chi connectivity index (χ0v) is 9.89. The van der Waals surface area contributed by atoms with E-state index in [1.807, 2.05) is 19.1 Å². The first-order chi connectivity index (χ1) is 7.04. The summed E-state index contributed by atoms with van der Waals surface area (Å²) in [5.74, 6) is 0.214. The van der Waals surface area contributed by atoms with Gasteiger partial charge in [0.2, 0.25) is 0 Å². The highest BCUT2D eigenvalue weighted by Gasteiger charge is 2.12. The summed E-state index contributed by atoms with van der Waals surface area (Å²) in [7, 11) is 1.56. The molecule has 0 heterocycles. The third kappa shape index (κ3) is 3.29. The zero-order valence-electron chi connectivity index (χ0n) is 8.38. The maximum Gasteiger partial charge on any atom is 0.257 e. The molecule has 1 rings (SSSR count). The van der Waals surface area contributed by atoms with Gasteiger partial charge in [-0.1, -0.05) is 29.3 Å². The molecule has 0 aliphatic rings. The zero-order chi connectivity index (χ0) is 11.4. The van der Waals surface area contributed by atoms with E-state index in [9.17, 15) is 4.79 Å². The number of benzene rings is 1. The van der Waals surface area contributed by atoms with E-state index in [1.165, 1.54) is 0 Å². The normalized spacial score (nSPS) is 10.2. The number of halogens is 2. The average Bonchev–Trinajstić information content (AvgIpc) is 2.21. The number of nitrogens with one attached hydrogen (secondary N) is 1. The fourth-order valence-electron chi connectivity index (χ4n) is 1.05. The number of carbonyl (C=O) groups is 1. The molecule has 3 nitrogen and oxygen atoms in total. The molecule has 0 spiro atoms. The van der Waals surface area contributed by atoms with Crippen LogP contribution in [0.4, 0.5) is 5.69 Å². The van der Waals surface area contributed by atoms with Crippen molar-refractivity contribution in [3.8, 4) is 5.75 Å². The van der Waals surface area contributed by atoms with Crippen molar-refractivity contribution in [2.45, 2.75) is 11.8 Å². The monoisotopic (exact) mass is 247 g/mol.